The Balaban J connectivity index is 3.00. The summed E-state index contributed by atoms with van der Waals surface area (Å²) >= 11 is 1.64. The van der Waals surface area contributed by atoms with Crippen LogP contribution in [0.4, 0.5) is 0 Å². The van der Waals surface area contributed by atoms with Gasteiger partial charge in [0.05, 0.1) is 0 Å². The van der Waals surface area contributed by atoms with Crippen LogP contribution in [-0.4, -0.2) is 5.11 Å². The number of thiophene rings is 1. The molecule has 0 aromatic carbocycles. The van der Waals surface area contributed by atoms with Crippen LogP contribution in [0, 0.1) is 6.92 Å². The van der Waals surface area contributed by atoms with E-state index in [0.717, 1.165) is 10.5 Å². The topological polar surface area (TPSA) is 20.2 Å². The Morgan fingerprint density at radius 3 is 2.46 bits per heavy atom. The van der Waals surface area contributed by atoms with E-state index in [9.17, 15) is 5.11 Å². The second-order valence-corrected chi connectivity index (χ2v) is 5.07. The SMILES string of the molecule is CC(C)=CC(C)(O)c1ccc(C)s1. The third-order valence-electron chi connectivity index (χ3n) is 1.81. The third kappa shape index (κ3) is 2.68. The van der Waals surface area contributed by atoms with Crippen molar-refractivity contribution in [1.82, 2.24) is 0 Å². The van der Waals surface area contributed by atoms with Gasteiger partial charge in [-0.3, -0.25) is 0 Å². The van der Waals surface area contributed by atoms with Gasteiger partial charge in [-0.05, 0) is 45.9 Å². The largest absolute Gasteiger partial charge is 0.380 e. The highest BCUT2D eigenvalue weighted by Gasteiger charge is 2.21. The van der Waals surface area contributed by atoms with Gasteiger partial charge in [-0.2, -0.15) is 0 Å². The summed E-state index contributed by atoms with van der Waals surface area (Å²) in [7, 11) is 0. The molecule has 0 aliphatic heterocycles. The summed E-state index contributed by atoms with van der Waals surface area (Å²) in [6, 6.07) is 4.02. The van der Waals surface area contributed by atoms with Gasteiger partial charge in [0.2, 0.25) is 0 Å². The van der Waals surface area contributed by atoms with Crippen molar-refractivity contribution in [1.29, 1.82) is 0 Å². The van der Waals surface area contributed by atoms with Crippen LogP contribution in [0.1, 0.15) is 30.5 Å². The van der Waals surface area contributed by atoms with E-state index >= 15 is 0 Å². The molecular weight excluding hydrogens is 180 g/mol. The maximum absolute atomic E-state index is 10.1. The summed E-state index contributed by atoms with van der Waals surface area (Å²) in [6.07, 6.45) is 1.89. The first-order valence-electron chi connectivity index (χ1n) is 4.37. The molecule has 1 aromatic heterocycles. The maximum atomic E-state index is 10.1. The molecule has 0 fully saturated rings. The molecule has 1 rings (SSSR count). The number of hydrogen-bond acceptors (Lipinski definition) is 2. The van der Waals surface area contributed by atoms with Crippen molar-refractivity contribution in [2.45, 2.75) is 33.3 Å². The standard InChI is InChI=1S/C11H16OS/c1-8(2)7-11(4,12)10-6-5-9(3)13-10/h5-7,12H,1-4H3. The molecular formula is C11H16OS. The van der Waals surface area contributed by atoms with Crippen LogP contribution in [0.5, 0.6) is 0 Å². The molecule has 1 unspecified atom stereocenters. The lowest BCUT2D eigenvalue weighted by molar-refractivity contribution is 0.114. The molecule has 1 aromatic rings. The molecule has 13 heavy (non-hydrogen) atoms. The van der Waals surface area contributed by atoms with Crippen LogP contribution in [0.15, 0.2) is 23.8 Å². The Hall–Kier alpha value is -0.600. The van der Waals surface area contributed by atoms with Gasteiger partial charge in [-0.1, -0.05) is 5.57 Å². The average Bonchev–Trinajstić information content (AvgIpc) is 2.32. The summed E-state index contributed by atoms with van der Waals surface area (Å²) in [5, 5.41) is 10.1. The Kier molecular flexibility index (Phi) is 2.94. The Morgan fingerprint density at radius 1 is 1.46 bits per heavy atom. The lowest BCUT2D eigenvalue weighted by atomic mass is 10.0. The monoisotopic (exact) mass is 196 g/mol. The molecule has 1 nitrogen and oxygen atoms in total. The maximum Gasteiger partial charge on any atom is 0.114 e. The molecule has 1 N–H and O–H groups in total. The number of aryl methyl sites for hydroxylation is 1. The van der Waals surface area contributed by atoms with E-state index < -0.39 is 5.60 Å². The summed E-state index contributed by atoms with van der Waals surface area (Å²) in [5.74, 6) is 0. The first kappa shape index (κ1) is 10.5. The molecule has 1 atom stereocenters. The van der Waals surface area contributed by atoms with Crippen molar-refractivity contribution in [2.24, 2.45) is 0 Å². The van der Waals surface area contributed by atoms with Crippen molar-refractivity contribution >= 4 is 11.3 Å². The van der Waals surface area contributed by atoms with Crippen LogP contribution < -0.4 is 0 Å². The molecule has 2 heteroatoms. The summed E-state index contributed by atoms with van der Waals surface area (Å²) in [4.78, 5) is 2.24. The van der Waals surface area contributed by atoms with E-state index in [-0.39, 0.29) is 0 Å². The smallest absolute Gasteiger partial charge is 0.114 e. The van der Waals surface area contributed by atoms with Gasteiger partial charge < -0.3 is 5.11 Å². The van der Waals surface area contributed by atoms with E-state index in [1.807, 2.05) is 45.9 Å². The second-order valence-electron chi connectivity index (χ2n) is 3.78. The minimum atomic E-state index is -0.808. The van der Waals surface area contributed by atoms with Crippen molar-refractivity contribution in [3.63, 3.8) is 0 Å². The summed E-state index contributed by atoms with van der Waals surface area (Å²) < 4.78 is 0. The highest BCUT2D eigenvalue weighted by Crippen LogP contribution is 2.29. The van der Waals surface area contributed by atoms with Crippen molar-refractivity contribution in [3.8, 4) is 0 Å². The van der Waals surface area contributed by atoms with Gasteiger partial charge in [-0.25, -0.2) is 0 Å². The predicted octanol–water partition coefficient (Wildman–Crippen LogP) is 3.23. The highest BCUT2D eigenvalue weighted by atomic mass is 32.1. The second kappa shape index (κ2) is 3.64. The molecule has 0 spiro atoms. The number of allylic oxidation sites excluding steroid dienone is 1. The molecule has 72 valence electrons. The number of rotatable bonds is 2. The molecule has 0 aliphatic carbocycles. The quantitative estimate of drug-likeness (QED) is 0.720. The average molecular weight is 196 g/mol. The van der Waals surface area contributed by atoms with Crippen LogP contribution in [0.25, 0.3) is 0 Å². The molecule has 0 aliphatic rings. The normalized spacial score (nSPS) is 15.2. The van der Waals surface area contributed by atoms with E-state index in [1.165, 1.54) is 4.88 Å². The van der Waals surface area contributed by atoms with Gasteiger partial charge in [0, 0.05) is 9.75 Å². The molecule has 0 bridgehead atoms. The Morgan fingerprint density at radius 2 is 2.08 bits per heavy atom. The number of hydrogen-bond donors (Lipinski definition) is 1. The summed E-state index contributed by atoms with van der Waals surface area (Å²) in [5.41, 5.74) is 0.327. The minimum Gasteiger partial charge on any atom is -0.380 e. The highest BCUT2D eigenvalue weighted by molar-refractivity contribution is 7.12. The molecule has 0 saturated heterocycles. The van der Waals surface area contributed by atoms with Crippen LogP contribution in [0.3, 0.4) is 0 Å². The first-order valence-corrected chi connectivity index (χ1v) is 5.19. The van der Waals surface area contributed by atoms with Gasteiger partial charge >= 0.3 is 0 Å². The van der Waals surface area contributed by atoms with Gasteiger partial charge in [0.25, 0.3) is 0 Å². The van der Waals surface area contributed by atoms with Gasteiger partial charge in [0.15, 0.2) is 0 Å². The van der Waals surface area contributed by atoms with E-state index in [4.69, 9.17) is 0 Å². The van der Waals surface area contributed by atoms with Crippen LogP contribution in [0.2, 0.25) is 0 Å². The molecule has 0 radical (unpaired) electrons. The Labute approximate surface area is 83.7 Å². The van der Waals surface area contributed by atoms with E-state index in [2.05, 4.69) is 0 Å². The van der Waals surface area contributed by atoms with Crippen molar-refractivity contribution < 1.29 is 5.11 Å². The van der Waals surface area contributed by atoms with E-state index in [1.54, 1.807) is 11.3 Å². The zero-order valence-corrected chi connectivity index (χ0v) is 9.40. The lowest BCUT2D eigenvalue weighted by Gasteiger charge is -2.17. The zero-order valence-electron chi connectivity index (χ0n) is 8.59. The summed E-state index contributed by atoms with van der Waals surface area (Å²) in [6.45, 7) is 7.86. The fraction of sp³-hybridized carbons (Fsp3) is 0.455. The molecule has 0 amide bonds. The predicted molar refractivity (Wildman–Crippen MR) is 58.1 cm³/mol. The van der Waals surface area contributed by atoms with Gasteiger partial charge in [-0.15, -0.1) is 11.3 Å². The zero-order chi connectivity index (χ0) is 10.1. The lowest BCUT2D eigenvalue weighted by Crippen LogP contribution is -2.16. The van der Waals surface area contributed by atoms with Crippen LogP contribution in [-0.2, 0) is 5.60 Å². The minimum absolute atomic E-state index is 0.808. The van der Waals surface area contributed by atoms with Crippen LogP contribution >= 0.6 is 11.3 Å². The van der Waals surface area contributed by atoms with Crippen molar-refractivity contribution in [3.05, 3.63) is 33.5 Å². The first-order chi connectivity index (χ1) is 5.92. The molecule has 1 heterocycles. The third-order valence-corrected chi connectivity index (χ3v) is 3.04. The number of aliphatic hydroxyl groups is 1. The Bertz CT molecular complexity index is 317. The van der Waals surface area contributed by atoms with Gasteiger partial charge in [0.1, 0.15) is 5.60 Å². The fourth-order valence-corrected chi connectivity index (χ4v) is 2.22. The fourth-order valence-electron chi connectivity index (χ4n) is 1.34. The van der Waals surface area contributed by atoms with Crippen molar-refractivity contribution in [2.75, 3.05) is 0 Å². The molecule has 0 saturated carbocycles. The van der Waals surface area contributed by atoms with E-state index in [0.29, 0.717) is 0 Å².